The van der Waals surface area contributed by atoms with Gasteiger partial charge in [-0.15, -0.1) is 0 Å². The molecular formula is C19H25N3O2. The van der Waals surface area contributed by atoms with Crippen molar-refractivity contribution in [2.24, 2.45) is 4.99 Å². The maximum absolute atomic E-state index is 5.76. The van der Waals surface area contributed by atoms with Crippen LogP contribution in [0, 0.1) is 6.92 Å². The second-order valence-corrected chi connectivity index (χ2v) is 5.32. The number of methoxy groups -OCH3 is 1. The van der Waals surface area contributed by atoms with E-state index in [1.54, 1.807) is 14.2 Å². The zero-order valence-electron chi connectivity index (χ0n) is 14.5. The van der Waals surface area contributed by atoms with Crippen molar-refractivity contribution in [1.82, 2.24) is 10.6 Å². The monoisotopic (exact) mass is 327 g/mol. The predicted octanol–water partition coefficient (Wildman–Crippen LogP) is 2.75. The molecule has 2 N–H and O–H groups in total. The van der Waals surface area contributed by atoms with Gasteiger partial charge in [0.2, 0.25) is 0 Å². The number of nitrogens with zero attached hydrogens (tertiary/aromatic N) is 1. The molecule has 0 aliphatic heterocycles. The summed E-state index contributed by atoms with van der Waals surface area (Å²) in [5, 5.41) is 6.52. The van der Waals surface area contributed by atoms with E-state index in [2.05, 4.69) is 15.6 Å². The van der Waals surface area contributed by atoms with Crippen molar-refractivity contribution in [2.45, 2.75) is 13.5 Å². The lowest BCUT2D eigenvalue weighted by Gasteiger charge is -2.13. The van der Waals surface area contributed by atoms with Crippen LogP contribution in [0.25, 0.3) is 0 Å². The number of aliphatic imine (C=N–C) groups is 1. The van der Waals surface area contributed by atoms with Crippen LogP contribution in [0.15, 0.2) is 53.5 Å². The molecule has 0 saturated carbocycles. The Hall–Kier alpha value is -2.69. The number of ether oxygens (including phenoxy) is 2. The van der Waals surface area contributed by atoms with Crippen molar-refractivity contribution >= 4 is 5.96 Å². The first-order chi connectivity index (χ1) is 11.7. The summed E-state index contributed by atoms with van der Waals surface area (Å²) in [7, 11) is 3.42. The normalized spacial score (nSPS) is 11.0. The zero-order chi connectivity index (χ0) is 17.2. The number of benzene rings is 2. The molecule has 2 aromatic rings. The largest absolute Gasteiger partial charge is 0.497 e. The fourth-order valence-corrected chi connectivity index (χ4v) is 2.24. The summed E-state index contributed by atoms with van der Waals surface area (Å²) < 4.78 is 11.0. The summed E-state index contributed by atoms with van der Waals surface area (Å²) in [5.41, 5.74) is 2.27. The van der Waals surface area contributed by atoms with Crippen LogP contribution in [-0.4, -0.2) is 33.3 Å². The van der Waals surface area contributed by atoms with Gasteiger partial charge in [-0.3, -0.25) is 4.99 Å². The van der Waals surface area contributed by atoms with Crippen LogP contribution in [0.3, 0.4) is 0 Å². The number of hydrogen-bond acceptors (Lipinski definition) is 3. The van der Waals surface area contributed by atoms with E-state index in [1.165, 1.54) is 0 Å². The summed E-state index contributed by atoms with van der Waals surface area (Å²) >= 11 is 0. The number of nitrogens with one attached hydrogen (secondary N) is 2. The van der Waals surface area contributed by atoms with Crippen molar-refractivity contribution in [3.05, 3.63) is 59.7 Å². The molecule has 5 heteroatoms. The van der Waals surface area contributed by atoms with Crippen molar-refractivity contribution in [3.8, 4) is 11.5 Å². The highest BCUT2D eigenvalue weighted by Gasteiger charge is 2.01. The van der Waals surface area contributed by atoms with Crippen molar-refractivity contribution in [2.75, 3.05) is 27.3 Å². The molecule has 0 amide bonds. The fraction of sp³-hybridized carbons (Fsp3) is 0.316. The Balaban J connectivity index is 1.73. The molecule has 0 aromatic heterocycles. The third kappa shape index (κ3) is 5.50. The summed E-state index contributed by atoms with van der Waals surface area (Å²) in [6.45, 7) is 3.96. The maximum Gasteiger partial charge on any atom is 0.191 e. The van der Waals surface area contributed by atoms with Gasteiger partial charge in [0, 0.05) is 13.6 Å². The second-order valence-electron chi connectivity index (χ2n) is 5.32. The van der Waals surface area contributed by atoms with Crippen molar-refractivity contribution < 1.29 is 9.47 Å². The van der Waals surface area contributed by atoms with Crippen LogP contribution >= 0.6 is 0 Å². The highest BCUT2D eigenvalue weighted by atomic mass is 16.5. The van der Waals surface area contributed by atoms with Crippen LogP contribution in [0.2, 0.25) is 0 Å². The van der Waals surface area contributed by atoms with Gasteiger partial charge in [0.05, 0.1) is 13.7 Å². The van der Waals surface area contributed by atoms with E-state index in [0.717, 1.165) is 28.6 Å². The molecular weight excluding hydrogens is 302 g/mol. The highest BCUT2D eigenvalue weighted by Crippen LogP contribution is 2.15. The molecule has 0 spiro atoms. The van der Waals surface area contributed by atoms with Crippen molar-refractivity contribution in [3.63, 3.8) is 0 Å². The molecule has 2 aromatic carbocycles. The average Bonchev–Trinajstić information content (AvgIpc) is 2.62. The van der Waals surface area contributed by atoms with Crippen LogP contribution in [0.5, 0.6) is 11.5 Å². The molecule has 2 rings (SSSR count). The highest BCUT2D eigenvalue weighted by molar-refractivity contribution is 5.79. The SMILES string of the molecule is CN=C(NCCOc1ccccc1C)NCc1cccc(OC)c1. The number of guanidine groups is 1. The van der Waals surface area contributed by atoms with Crippen LogP contribution in [0.4, 0.5) is 0 Å². The fourth-order valence-electron chi connectivity index (χ4n) is 2.24. The van der Waals surface area contributed by atoms with E-state index < -0.39 is 0 Å². The molecule has 0 atom stereocenters. The van der Waals surface area contributed by atoms with Crippen LogP contribution in [0.1, 0.15) is 11.1 Å². The lowest BCUT2D eigenvalue weighted by Crippen LogP contribution is -2.38. The quantitative estimate of drug-likeness (QED) is 0.466. The number of rotatable bonds is 7. The molecule has 0 unspecified atom stereocenters. The summed E-state index contributed by atoms with van der Waals surface area (Å²) in [4.78, 5) is 4.22. The zero-order valence-corrected chi connectivity index (χ0v) is 14.5. The molecule has 0 bridgehead atoms. The van der Waals surface area contributed by atoms with Gasteiger partial charge in [-0.05, 0) is 36.2 Å². The van der Waals surface area contributed by atoms with Crippen molar-refractivity contribution in [1.29, 1.82) is 0 Å². The lowest BCUT2D eigenvalue weighted by atomic mass is 10.2. The topological polar surface area (TPSA) is 54.9 Å². The minimum Gasteiger partial charge on any atom is -0.497 e. The van der Waals surface area contributed by atoms with Gasteiger partial charge in [0.15, 0.2) is 5.96 Å². The Labute approximate surface area is 143 Å². The molecule has 0 fully saturated rings. The van der Waals surface area contributed by atoms with E-state index in [9.17, 15) is 0 Å². The van der Waals surface area contributed by atoms with Gasteiger partial charge < -0.3 is 20.1 Å². The van der Waals surface area contributed by atoms with Gasteiger partial charge >= 0.3 is 0 Å². The second kappa shape index (κ2) is 9.45. The van der Waals surface area contributed by atoms with Gasteiger partial charge in [-0.25, -0.2) is 0 Å². The predicted molar refractivity (Wildman–Crippen MR) is 97.9 cm³/mol. The van der Waals surface area contributed by atoms with Gasteiger partial charge in [0.25, 0.3) is 0 Å². The molecule has 24 heavy (non-hydrogen) atoms. The molecule has 0 aliphatic rings. The molecule has 0 saturated heterocycles. The Morgan fingerprint density at radius 2 is 1.92 bits per heavy atom. The number of aryl methyl sites for hydroxylation is 1. The minimum absolute atomic E-state index is 0.574. The number of para-hydroxylation sites is 1. The van der Waals surface area contributed by atoms with E-state index in [0.29, 0.717) is 19.7 Å². The van der Waals surface area contributed by atoms with Crippen LogP contribution < -0.4 is 20.1 Å². The Kier molecular flexibility index (Phi) is 6.95. The molecule has 0 aliphatic carbocycles. The summed E-state index contributed by atoms with van der Waals surface area (Å²) in [5.74, 6) is 2.51. The third-order valence-electron chi connectivity index (χ3n) is 3.56. The molecule has 0 heterocycles. The first-order valence-electron chi connectivity index (χ1n) is 7.99. The standard InChI is InChI=1S/C19H25N3O2/c1-15-7-4-5-10-18(15)24-12-11-21-19(20-2)22-14-16-8-6-9-17(13-16)23-3/h4-10,13H,11-12,14H2,1-3H3,(H2,20,21,22). The molecule has 128 valence electrons. The Morgan fingerprint density at radius 3 is 2.67 bits per heavy atom. The Morgan fingerprint density at radius 1 is 1.08 bits per heavy atom. The Bertz CT molecular complexity index is 671. The maximum atomic E-state index is 5.76. The lowest BCUT2D eigenvalue weighted by molar-refractivity contribution is 0.320. The average molecular weight is 327 g/mol. The molecule has 0 radical (unpaired) electrons. The third-order valence-corrected chi connectivity index (χ3v) is 3.56. The first kappa shape index (κ1) is 17.7. The molecule has 5 nitrogen and oxygen atoms in total. The minimum atomic E-state index is 0.574. The van der Waals surface area contributed by atoms with Crippen LogP contribution in [-0.2, 0) is 6.54 Å². The summed E-state index contributed by atoms with van der Waals surface area (Å²) in [6.07, 6.45) is 0. The van der Waals surface area contributed by atoms with E-state index >= 15 is 0 Å². The first-order valence-corrected chi connectivity index (χ1v) is 7.99. The van der Waals surface area contributed by atoms with E-state index in [4.69, 9.17) is 9.47 Å². The number of hydrogen-bond donors (Lipinski definition) is 2. The van der Waals surface area contributed by atoms with E-state index in [-0.39, 0.29) is 0 Å². The van der Waals surface area contributed by atoms with Gasteiger partial charge in [-0.2, -0.15) is 0 Å². The van der Waals surface area contributed by atoms with Gasteiger partial charge in [0.1, 0.15) is 18.1 Å². The van der Waals surface area contributed by atoms with Gasteiger partial charge in [-0.1, -0.05) is 30.3 Å². The smallest absolute Gasteiger partial charge is 0.191 e. The van der Waals surface area contributed by atoms with E-state index in [1.807, 2.05) is 55.5 Å². The summed E-state index contributed by atoms with van der Waals surface area (Å²) in [6, 6.07) is 15.9.